The highest BCUT2D eigenvalue weighted by Crippen LogP contribution is 2.28. The minimum atomic E-state index is -1.01. The Balaban J connectivity index is 1.79. The molecule has 1 aliphatic heterocycles. The van der Waals surface area contributed by atoms with Gasteiger partial charge in [-0.25, -0.2) is 4.79 Å². The topological polar surface area (TPSA) is 57.6 Å². The first-order chi connectivity index (χ1) is 11.6. The molecule has 0 unspecified atom stereocenters. The second-order valence-electron chi connectivity index (χ2n) is 5.86. The third kappa shape index (κ3) is 2.37. The molecule has 0 saturated carbocycles. The lowest BCUT2D eigenvalue weighted by molar-refractivity contribution is 0.0699. The summed E-state index contributed by atoms with van der Waals surface area (Å²) in [6.45, 7) is 1.25. The van der Waals surface area contributed by atoms with E-state index in [1.165, 1.54) is 10.4 Å². The van der Waals surface area contributed by atoms with E-state index in [4.69, 9.17) is 0 Å². The largest absolute Gasteiger partial charge is 0.478 e. The van der Waals surface area contributed by atoms with Crippen molar-refractivity contribution in [3.63, 3.8) is 0 Å². The number of aromatic carboxylic acids is 1. The maximum Gasteiger partial charge on any atom is 0.336 e. The van der Waals surface area contributed by atoms with Gasteiger partial charge in [0.1, 0.15) is 0 Å². The molecule has 0 spiro atoms. The molecular weight excluding hydrogens is 322 g/mol. The Labute approximate surface area is 143 Å². The molecule has 0 atom stereocenters. The number of rotatable bonds is 2. The van der Waals surface area contributed by atoms with Crippen LogP contribution in [0.4, 0.5) is 0 Å². The predicted molar refractivity (Wildman–Crippen MR) is 93.7 cm³/mol. The zero-order valence-electron chi connectivity index (χ0n) is 12.9. The van der Waals surface area contributed by atoms with Gasteiger partial charge in [-0.05, 0) is 40.9 Å². The summed E-state index contributed by atoms with van der Waals surface area (Å²) < 4.78 is 0. The van der Waals surface area contributed by atoms with Crippen molar-refractivity contribution in [1.29, 1.82) is 0 Å². The van der Waals surface area contributed by atoms with Crippen LogP contribution in [0.2, 0.25) is 0 Å². The van der Waals surface area contributed by atoms with E-state index in [0.717, 1.165) is 11.8 Å². The third-order valence-electron chi connectivity index (χ3n) is 4.46. The van der Waals surface area contributed by atoms with Crippen LogP contribution in [0.25, 0.3) is 10.8 Å². The van der Waals surface area contributed by atoms with Gasteiger partial charge in [-0.3, -0.25) is 4.79 Å². The zero-order valence-corrected chi connectivity index (χ0v) is 13.7. The number of hydrogen-bond acceptors (Lipinski definition) is 3. The summed E-state index contributed by atoms with van der Waals surface area (Å²) in [5.74, 6) is -1.12. The summed E-state index contributed by atoms with van der Waals surface area (Å²) in [6.07, 6.45) is 0.856. The van der Waals surface area contributed by atoms with Crippen molar-refractivity contribution >= 4 is 34.0 Å². The first-order valence-corrected chi connectivity index (χ1v) is 8.62. The molecule has 120 valence electrons. The summed E-state index contributed by atoms with van der Waals surface area (Å²) in [6, 6.07) is 12.5. The normalized spacial score (nSPS) is 13.8. The molecule has 4 rings (SSSR count). The highest BCUT2D eigenvalue weighted by atomic mass is 32.1. The van der Waals surface area contributed by atoms with Crippen LogP contribution in [0.5, 0.6) is 0 Å². The summed E-state index contributed by atoms with van der Waals surface area (Å²) in [5, 5.41) is 12.8. The zero-order chi connectivity index (χ0) is 16.7. The molecule has 24 heavy (non-hydrogen) atoms. The van der Waals surface area contributed by atoms with Crippen molar-refractivity contribution in [1.82, 2.24) is 4.90 Å². The molecule has 0 fully saturated rings. The molecule has 3 aromatic rings. The number of benzene rings is 2. The van der Waals surface area contributed by atoms with Crippen molar-refractivity contribution in [2.24, 2.45) is 0 Å². The maximum atomic E-state index is 13.1. The highest BCUT2D eigenvalue weighted by Gasteiger charge is 2.25. The second kappa shape index (κ2) is 5.76. The fourth-order valence-corrected chi connectivity index (χ4v) is 4.18. The molecule has 2 heterocycles. The molecule has 0 bridgehead atoms. The standard InChI is InChI=1S/C19H15NO3S/c21-18(20-9-7-16-13(11-20)8-10-24-16)14-5-1-3-12-4-2-6-15(17(12)14)19(22)23/h1-6,8,10H,7,9,11H2,(H,22,23). The van der Waals surface area contributed by atoms with Crippen LogP contribution < -0.4 is 0 Å². The van der Waals surface area contributed by atoms with E-state index in [0.29, 0.717) is 24.0 Å². The van der Waals surface area contributed by atoms with E-state index in [2.05, 4.69) is 11.4 Å². The fourth-order valence-electron chi connectivity index (χ4n) is 3.29. The average Bonchev–Trinajstić information content (AvgIpc) is 3.07. The molecule has 1 N–H and O–H groups in total. The van der Waals surface area contributed by atoms with E-state index in [-0.39, 0.29) is 11.5 Å². The van der Waals surface area contributed by atoms with E-state index in [1.807, 2.05) is 17.0 Å². The first-order valence-electron chi connectivity index (χ1n) is 7.74. The maximum absolute atomic E-state index is 13.1. The Hall–Kier alpha value is -2.66. The van der Waals surface area contributed by atoms with Gasteiger partial charge in [0, 0.05) is 28.9 Å². The fraction of sp³-hybridized carbons (Fsp3) is 0.158. The number of fused-ring (bicyclic) bond motifs is 2. The van der Waals surface area contributed by atoms with Crippen LogP contribution in [-0.4, -0.2) is 28.4 Å². The number of amides is 1. The van der Waals surface area contributed by atoms with Gasteiger partial charge in [0.2, 0.25) is 0 Å². The first kappa shape index (κ1) is 14.9. The Morgan fingerprint density at radius 1 is 1.04 bits per heavy atom. The summed E-state index contributed by atoms with van der Waals surface area (Å²) >= 11 is 1.73. The van der Waals surface area contributed by atoms with Crippen LogP contribution in [0, 0.1) is 0 Å². The van der Waals surface area contributed by atoms with Crippen LogP contribution >= 0.6 is 11.3 Å². The molecule has 5 heteroatoms. The molecule has 0 radical (unpaired) electrons. The number of hydrogen-bond donors (Lipinski definition) is 1. The van der Waals surface area contributed by atoms with E-state index < -0.39 is 5.97 Å². The molecule has 2 aromatic carbocycles. The SMILES string of the molecule is O=C(O)c1cccc2cccc(C(=O)N3CCc4sccc4C3)c12. The second-order valence-corrected chi connectivity index (χ2v) is 6.86. The monoisotopic (exact) mass is 337 g/mol. The predicted octanol–water partition coefficient (Wildman–Crippen LogP) is 3.80. The van der Waals surface area contributed by atoms with Gasteiger partial charge in [0.25, 0.3) is 5.91 Å². The molecule has 0 aliphatic carbocycles. The van der Waals surface area contributed by atoms with Crippen molar-refractivity contribution in [2.45, 2.75) is 13.0 Å². The highest BCUT2D eigenvalue weighted by molar-refractivity contribution is 7.10. The lowest BCUT2D eigenvalue weighted by atomic mass is 9.97. The molecule has 1 aromatic heterocycles. The number of carboxylic acids is 1. The van der Waals surface area contributed by atoms with Gasteiger partial charge in [0.15, 0.2) is 0 Å². The van der Waals surface area contributed by atoms with Crippen LogP contribution in [-0.2, 0) is 13.0 Å². The van der Waals surface area contributed by atoms with Gasteiger partial charge in [-0.1, -0.05) is 24.3 Å². The number of nitrogens with zero attached hydrogens (tertiary/aromatic N) is 1. The quantitative estimate of drug-likeness (QED) is 0.774. The van der Waals surface area contributed by atoms with Crippen LogP contribution in [0.3, 0.4) is 0 Å². The van der Waals surface area contributed by atoms with Crippen LogP contribution in [0.15, 0.2) is 47.8 Å². The molecule has 1 aliphatic rings. The van der Waals surface area contributed by atoms with Crippen molar-refractivity contribution in [2.75, 3.05) is 6.54 Å². The van der Waals surface area contributed by atoms with Gasteiger partial charge in [-0.15, -0.1) is 11.3 Å². The number of thiophene rings is 1. The Morgan fingerprint density at radius 2 is 1.79 bits per heavy atom. The summed E-state index contributed by atoms with van der Waals surface area (Å²) in [5.41, 5.74) is 1.83. The van der Waals surface area contributed by atoms with E-state index >= 15 is 0 Å². The summed E-state index contributed by atoms with van der Waals surface area (Å²) in [7, 11) is 0. The molecule has 4 nitrogen and oxygen atoms in total. The Morgan fingerprint density at radius 3 is 2.54 bits per heavy atom. The molecule has 1 amide bonds. The van der Waals surface area contributed by atoms with Gasteiger partial charge in [0.05, 0.1) is 5.56 Å². The van der Waals surface area contributed by atoms with Crippen molar-refractivity contribution < 1.29 is 14.7 Å². The number of carbonyl (C=O) groups excluding carboxylic acids is 1. The van der Waals surface area contributed by atoms with Gasteiger partial charge in [-0.2, -0.15) is 0 Å². The van der Waals surface area contributed by atoms with Crippen molar-refractivity contribution in [3.8, 4) is 0 Å². The van der Waals surface area contributed by atoms with Crippen LogP contribution in [0.1, 0.15) is 31.2 Å². The third-order valence-corrected chi connectivity index (χ3v) is 5.48. The minimum Gasteiger partial charge on any atom is -0.478 e. The van der Waals surface area contributed by atoms with E-state index in [1.54, 1.807) is 35.6 Å². The van der Waals surface area contributed by atoms with Gasteiger partial charge < -0.3 is 10.0 Å². The smallest absolute Gasteiger partial charge is 0.336 e. The number of carboxylic acid groups (broad SMARTS) is 1. The lowest BCUT2D eigenvalue weighted by Gasteiger charge is -2.27. The number of carbonyl (C=O) groups is 2. The Kier molecular flexibility index (Phi) is 3.58. The van der Waals surface area contributed by atoms with Crippen molar-refractivity contribution in [3.05, 3.63) is 69.4 Å². The Bertz CT molecular complexity index is 955. The summed E-state index contributed by atoms with van der Waals surface area (Å²) in [4.78, 5) is 27.8. The molecule has 0 saturated heterocycles. The molecular formula is C19H15NO3S. The van der Waals surface area contributed by atoms with E-state index in [9.17, 15) is 14.7 Å². The van der Waals surface area contributed by atoms with Gasteiger partial charge >= 0.3 is 5.97 Å². The minimum absolute atomic E-state index is 0.105. The lowest BCUT2D eigenvalue weighted by Crippen LogP contribution is -2.35. The average molecular weight is 337 g/mol.